The summed E-state index contributed by atoms with van der Waals surface area (Å²) >= 11 is 0. The molecule has 1 saturated heterocycles. The van der Waals surface area contributed by atoms with Crippen LogP contribution in [0.5, 0.6) is 0 Å². The number of fused-ring (bicyclic) bond motifs is 1. The van der Waals surface area contributed by atoms with Gasteiger partial charge in [0.2, 0.25) is 11.9 Å². The minimum absolute atomic E-state index is 0.184. The molecule has 0 atom stereocenters. The van der Waals surface area contributed by atoms with Gasteiger partial charge < -0.3 is 19.9 Å². The zero-order valence-electron chi connectivity index (χ0n) is 12.8. The topological polar surface area (TPSA) is 70.2 Å². The number of carbonyl (C=O) groups excluding carboxylic acids is 1. The Labute approximate surface area is 129 Å². The summed E-state index contributed by atoms with van der Waals surface area (Å²) in [5.41, 5.74) is 2.01. The molecular formula is C16H22N4O2. The van der Waals surface area contributed by atoms with Crippen LogP contribution < -0.4 is 5.32 Å². The molecule has 0 aliphatic carbocycles. The molecule has 1 amide bonds. The van der Waals surface area contributed by atoms with Crippen LogP contribution in [0.1, 0.15) is 19.3 Å². The zero-order valence-corrected chi connectivity index (χ0v) is 12.8. The Morgan fingerprint density at radius 1 is 1.41 bits per heavy atom. The summed E-state index contributed by atoms with van der Waals surface area (Å²) in [5, 5.41) is 3.44. The molecule has 1 aromatic carbocycles. The van der Waals surface area contributed by atoms with Crippen molar-refractivity contribution in [1.82, 2.24) is 14.9 Å². The molecule has 118 valence electrons. The van der Waals surface area contributed by atoms with E-state index in [1.807, 2.05) is 29.2 Å². The lowest BCUT2D eigenvalue weighted by Crippen LogP contribution is -2.42. The summed E-state index contributed by atoms with van der Waals surface area (Å²) in [4.78, 5) is 21.7. The molecule has 0 unspecified atom stereocenters. The van der Waals surface area contributed by atoms with Crippen molar-refractivity contribution < 1.29 is 9.53 Å². The van der Waals surface area contributed by atoms with E-state index in [0.29, 0.717) is 19.1 Å². The number of nitrogens with one attached hydrogen (secondary N) is 2. The molecular weight excluding hydrogens is 280 g/mol. The van der Waals surface area contributed by atoms with Crippen LogP contribution in [0.25, 0.3) is 11.0 Å². The van der Waals surface area contributed by atoms with Crippen LogP contribution in [0.4, 0.5) is 5.95 Å². The molecule has 2 heterocycles. The van der Waals surface area contributed by atoms with Crippen molar-refractivity contribution in [3.8, 4) is 0 Å². The average molecular weight is 302 g/mol. The predicted octanol–water partition coefficient (Wildman–Crippen LogP) is 2.00. The SMILES string of the molecule is COCCC(=O)N1CCC(Nc2nc3ccccc3[nH]2)CC1. The number of ether oxygens (including phenoxy) is 1. The number of aromatic nitrogens is 2. The van der Waals surface area contributed by atoms with Crippen LogP contribution in [0.3, 0.4) is 0 Å². The average Bonchev–Trinajstić information content (AvgIpc) is 2.95. The van der Waals surface area contributed by atoms with Gasteiger partial charge in [-0.3, -0.25) is 4.79 Å². The molecule has 0 radical (unpaired) electrons. The Morgan fingerprint density at radius 2 is 2.18 bits per heavy atom. The van der Waals surface area contributed by atoms with E-state index in [0.717, 1.165) is 42.9 Å². The van der Waals surface area contributed by atoms with Gasteiger partial charge in [-0.2, -0.15) is 0 Å². The van der Waals surface area contributed by atoms with Gasteiger partial charge >= 0.3 is 0 Å². The molecule has 3 rings (SSSR count). The van der Waals surface area contributed by atoms with Crippen LogP contribution >= 0.6 is 0 Å². The fourth-order valence-corrected chi connectivity index (χ4v) is 2.84. The van der Waals surface area contributed by atoms with E-state index >= 15 is 0 Å². The number of likely N-dealkylation sites (tertiary alicyclic amines) is 1. The second kappa shape index (κ2) is 6.79. The smallest absolute Gasteiger partial charge is 0.224 e. The van der Waals surface area contributed by atoms with Gasteiger partial charge in [-0.15, -0.1) is 0 Å². The number of methoxy groups -OCH3 is 1. The standard InChI is InChI=1S/C16H22N4O2/c1-22-11-8-15(21)20-9-6-12(7-10-20)17-16-18-13-4-2-3-5-14(13)19-16/h2-5,12H,6-11H2,1H3,(H2,17,18,19). The van der Waals surface area contributed by atoms with Gasteiger partial charge in [-0.1, -0.05) is 12.1 Å². The molecule has 22 heavy (non-hydrogen) atoms. The highest BCUT2D eigenvalue weighted by molar-refractivity contribution is 5.77. The first-order valence-electron chi connectivity index (χ1n) is 7.74. The molecule has 0 saturated carbocycles. The van der Waals surface area contributed by atoms with E-state index in [1.165, 1.54) is 0 Å². The number of anilines is 1. The van der Waals surface area contributed by atoms with Crippen LogP contribution in [0.2, 0.25) is 0 Å². The Hall–Kier alpha value is -2.08. The highest BCUT2D eigenvalue weighted by Gasteiger charge is 2.22. The zero-order chi connectivity index (χ0) is 15.4. The first kappa shape index (κ1) is 14.8. The Balaban J connectivity index is 1.52. The van der Waals surface area contributed by atoms with Crippen molar-refractivity contribution in [2.75, 3.05) is 32.1 Å². The highest BCUT2D eigenvalue weighted by atomic mass is 16.5. The van der Waals surface area contributed by atoms with Crippen LogP contribution in [-0.2, 0) is 9.53 Å². The summed E-state index contributed by atoms with van der Waals surface area (Å²) < 4.78 is 4.96. The minimum Gasteiger partial charge on any atom is -0.384 e. The lowest BCUT2D eigenvalue weighted by atomic mass is 10.0. The van der Waals surface area contributed by atoms with E-state index in [2.05, 4.69) is 15.3 Å². The van der Waals surface area contributed by atoms with Crippen molar-refractivity contribution in [2.45, 2.75) is 25.3 Å². The molecule has 6 nitrogen and oxygen atoms in total. The first-order valence-corrected chi connectivity index (χ1v) is 7.74. The number of imidazole rings is 1. The number of benzene rings is 1. The number of H-pyrrole nitrogens is 1. The maximum absolute atomic E-state index is 11.9. The van der Waals surface area contributed by atoms with Crippen molar-refractivity contribution in [1.29, 1.82) is 0 Å². The number of piperidine rings is 1. The molecule has 1 aliphatic rings. The molecule has 2 aromatic rings. The van der Waals surface area contributed by atoms with Crippen LogP contribution in [0.15, 0.2) is 24.3 Å². The molecule has 0 bridgehead atoms. The lowest BCUT2D eigenvalue weighted by Gasteiger charge is -2.32. The van der Waals surface area contributed by atoms with Gasteiger partial charge in [0.15, 0.2) is 0 Å². The fourth-order valence-electron chi connectivity index (χ4n) is 2.84. The predicted molar refractivity (Wildman–Crippen MR) is 85.8 cm³/mol. The number of para-hydroxylation sites is 2. The van der Waals surface area contributed by atoms with Crippen molar-refractivity contribution in [2.24, 2.45) is 0 Å². The quantitative estimate of drug-likeness (QED) is 0.886. The summed E-state index contributed by atoms with van der Waals surface area (Å²) in [6.45, 7) is 2.08. The number of rotatable bonds is 5. The first-order chi connectivity index (χ1) is 10.8. The third kappa shape index (κ3) is 3.39. The van der Waals surface area contributed by atoms with Crippen molar-refractivity contribution in [3.63, 3.8) is 0 Å². The highest BCUT2D eigenvalue weighted by Crippen LogP contribution is 2.18. The number of amides is 1. The third-order valence-electron chi connectivity index (χ3n) is 4.10. The molecule has 1 fully saturated rings. The third-order valence-corrected chi connectivity index (χ3v) is 4.10. The van der Waals surface area contributed by atoms with E-state index in [-0.39, 0.29) is 5.91 Å². The minimum atomic E-state index is 0.184. The molecule has 6 heteroatoms. The Kier molecular flexibility index (Phi) is 4.58. The van der Waals surface area contributed by atoms with E-state index in [1.54, 1.807) is 7.11 Å². The second-order valence-electron chi connectivity index (χ2n) is 5.64. The molecule has 1 aliphatic heterocycles. The lowest BCUT2D eigenvalue weighted by molar-refractivity contribution is -0.133. The van der Waals surface area contributed by atoms with Gasteiger partial charge in [-0.25, -0.2) is 4.98 Å². The molecule has 0 spiro atoms. The van der Waals surface area contributed by atoms with E-state index < -0.39 is 0 Å². The van der Waals surface area contributed by atoms with Crippen molar-refractivity contribution >= 4 is 22.9 Å². The Bertz CT molecular complexity index is 599. The maximum Gasteiger partial charge on any atom is 0.224 e. The Morgan fingerprint density at radius 3 is 2.91 bits per heavy atom. The van der Waals surface area contributed by atoms with Gasteiger partial charge in [0, 0.05) is 26.2 Å². The second-order valence-corrected chi connectivity index (χ2v) is 5.64. The largest absolute Gasteiger partial charge is 0.384 e. The van der Waals surface area contributed by atoms with Gasteiger partial charge in [0.1, 0.15) is 0 Å². The summed E-state index contributed by atoms with van der Waals surface area (Å²) in [6, 6.07) is 8.34. The van der Waals surface area contributed by atoms with Crippen LogP contribution in [0, 0.1) is 0 Å². The van der Waals surface area contributed by atoms with Crippen LogP contribution in [-0.4, -0.2) is 53.6 Å². The maximum atomic E-state index is 11.9. The summed E-state index contributed by atoms with van der Waals surface area (Å²) in [6.07, 6.45) is 2.35. The van der Waals surface area contributed by atoms with Gasteiger partial charge in [-0.05, 0) is 25.0 Å². The number of nitrogens with zero attached hydrogens (tertiary/aromatic N) is 2. The number of aromatic amines is 1. The van der Waals surface area contributed by atoms with Gasteiger partial charge in [0.25, 0.3) is 0 Å². The van der Waals surface area contributed by atoms with E-state index in [9.17, 15) is 4.79 Å². The normalized spacial score (nSPS) is 16.1. The van der Waals surface area contributed by atoms with Gasteiger partial charge in [0.05, 0.1) is 24.1 Å². The monoisotopic (exact) mass is 302 g/mol. The fraction of sp³-hybridized carbons (Fsp3) is 0.500. The summed E-state index contributed by atoms with van der Waals surface area (Å²) in [7, 11) is 1.62. The number of carbonyl (C=O) groups is 1. The van der Waals surface area contributed by atoms with Crippen molar-refractivity contribution in [3.05, 3.63) is 24.3 Å². The number of hydrogen-bond acceptors (Lipinski definition) is 4. The molecule has 2 N–H and O–H groups in total. The summed E-state index contributed by atoms with van der Waals surface area (Å²) in [5.74, 6) is 0.995. The number of hydrogen-bond donors (Lipinski definition) is 2. The van der Waals surface area contributed by atoms with E-state index in [4.69, 9.17) is 4.74 Å². The molecule has 1 aromatic heterocycles.